The zero-order valence-corrected chi connectivity index (χ0v) is 7.72. The molecule has 0 atom stereocenters. The Balaban J connectivity index is 3.84. The number of rotatable bonds is 1. The maximum Gasteiger partial charge on any atom is 0.302 e. The summed E-state index contributed by atoms with van der Waals surface area (Å²) in [6.07, 6.45) is 0. The van der Waals surface area contributed by atoms with E-state index in [0.717, 1.165) is 0 Å². The monoisotopic (exact) mass is 238 g/mol. The third-order valence-electron chi connectivity index (χ3n) is 1.59. The first-order valence-corrected chi connectivity index (χ1v) is 4.78. The van der Waals surface area contributed by atoms with Gasteiger partial charge in [0.25, 0.3) is 0 Å². The van der Waals surface area contributed by atoms with Gasteiger partial charge in [-0.3, -0.25) is 4.55 Å². The molecule has 0 aliphatic carbocycles. The van der Waals surface area contributed by atoms with Crippen LogP contribution in [0.4, 0.5) is 0 Å². The summed E-state index contributed by atoms with van der Waals surface area (Å²) < 4.78 is 29.8. The Morgan fingerprint density at radius 3 is 1.20 bits per heavy atom. The summed E-state index contributed by atoms with van der Waals surface area (Å²) >= 11 is 0. The van der Waals surface area contributed by atoms with Crippen LogP contribution in [0.2, 0.25) is 0 Å². The third kappa shape index (κ3) is 1.57. The maximum absolute atomic E-state index is 10.6. The largest absolute Gasteiger partial charge is 0.503 e. The fraction of sp³-hybridized carbons (Fsp3) is 0. The summed E-state index contributed by atoms with van der Waals surface area (Å²) in [6, 6.07) is 0. The van der Waals surface area contributed by atoms with Gasteiger partial charge in [-0.15, -0.1) is 0 Å². The van der Waals surface area contributed by atoms with Gasteiger partial charge < -0.3 is 25.5 Å². The lowest BCUT2D eigenvalue weighted by molar-refractivity contribution is 0.315. The molecule has 9 heteroatoms. The van der Waals surface area contributed by atoms with Crippen molar-refractivity contribution in [2.75, 3.05) is 0 Å². The van der Waals surface area contributed by atoms with E-state index in [1.165, 1.54) is 0 Å². The van der Waals surface area contributed by atoms with E-state index in [1.807, 2.05) is 0 Å². The van der Waals surface area contributed by atoms with E-state index >= 15 is 0 Å². The van der Waals surface area contributed by atoms with Crippen LogP contribution in [0.3, 0.4) is 0 Å². The van der Waals surface area contributed by atoms with Crippen LogP contribution in [0.25, 0.3) is 0 Å². The molecule has 0 bridgehead atoms. The number of hydrogen-bond donors (Lipinski definition) is 6. The lowest BCUT2D eigenvalue weighted by Crippen LogP contribution is -1.99. The second kappa shape index (κ2) is 3.07. The van der Waals surface area contributed by atoms with Crippen LogP contribution >= 0.6 is 0 Å². The Kier molecular flexibility index (Phi) is 2.29. The molecule has 0 amide bonds. The normalized spacial score (nSPS) is 11.5. The first-order chi connectivity index (χ1) is 6.68. The molecule has 1 aromatic rings. The zero-order valence-electron chi connectivity index (χ0n) is 6.91. The van der Waals surface area contributed by atoms with Crippen molar-refractivity contribution in [3.63, 3.8) is 0 Å². The molecule has 8 nitrogen and oxygen atoms in total. The van der Waals surface area contributed by atoms with Crippen molar-refractivity contribution >= 4 is 10.1 Å². The highest BCUT2D eigenvalue weighted by Gasteiger charge is 2.30. The van der Waals surface area contributed by atoms with Crippen LogP contribution in [-0.4, -0.2) is 38.5 Å². The van der Waals surface area contributed by atoms with Crippen molar-refractivity contribution in [3.05, 3.63) is 0 Å². The highest BCUT2D eigenvalue weighted by Crippen LogP contribution is 2.52. The van der Waals surface area contributed by atoms with Crippen LogP contribution in [0, 0.1) is 0 Å². The van der Waals surface area contributed by atoms with Gasteiger partial charge in [-0.2, -0.15) is 8.42 Å². The molecule has 1 aromatic carbocycles. The van der Waals surface area contributed by atoms with Gasteiger partial charge in [0.1, 0.15) is 0 Å². The van der Waals surface area contributed by atoms with E-state index in [0.29, 0.717) is 0 Å². The van der Waals surface area contributed by atoms with Crippen molar-refractivity contribution in [1.29, 1.82) is 0 Å². The number of phenols is 5. The number of aromatic hydroxyl groups is 5. The molecule has 0 aliphatic rings. The molecule has 0 saturated heterocycles. The molecule has 0 unspecified atom stereocenters. The Morgan fingerprint density at radius 1 is 0.667 bits per heavy atom. The first kappa shape index (κ1) is 11.2. The molecule has 0 spiro atoms. The molecule has 0 aromatic heterocycles. The van der Waals surface area contributed by atoms with Crippen LogP contribution in [0.1, 0.15) is 0 Å². The molecule has 0 fully saturated rings. The minimum absolute atomic E-state index is 1.31. The van der Waals surface area contributed by atoms with E-state index in [9.17, 15) is 8.42 Å². The lowest BCUT2D eigenvalue weighted by atomic mass is 10.2. The molecule has 0 heterocycles. The van der Waals surface area contributed by atoms with Crippen molar-refractivity contribution in [1.82, 2.24) is 0 Å². The summed E-state index contributed by atoms with van der Waals surface area (Å²) in [6.45, 7) is 0. The Labute approximate surface area is 83.0 Å². The molecular formula is C6H6O8S. The van der Waals surface area contributed by atoms with Gasteiger partial charge in [0.15, 0.2) is 16.4 Å². The fourth-order valence-electron chi connectivity index (χ4n) is 0.908. The smallest absolute Gasteiger partial charge is 0.302 e. The zero-order chi connectivity index (χ0) is 12.0. The van der Waals surface area contributed by atoms with E-state index in [2.05, 4.69) is 0 Å². The molecule has 15 heavy (non-hydrogen) atoms. The standard InChI is InChI=1S/C6H6O8S/c7-1-2(8)4(10)6(15(12,13)14)5(11)3(1)9/h7-11H,(H,12,13,14). The van der Waals surface area contributed by atoms with Crippen LogP contribution in [0.5, 0.6) is 28.7 Å². The van der Waals surface area contributed by atoms with Gasteiger partial charge in [-0.1, -0.05) is 0 Å². The summed E-state index contributed by atoms with van der Waals surface area (Å²) in [5, 5.41) is 44.7. The molecular weight excluding hydrogens is 232 g/mol. The first-order valence-electron chi connectivity index (χ1n) is 3.34. The van der Waals surface area contributed by atoms with Crippen LogP contribution in [0.15, 0.2) is 4.90 Å². The molecule has 0 aliphatic heterocycles. The number of phenolic OH excluding ortho intramolecular Hbond substituents is 5. The van der Waals surface area contributed by atoms with Crippen molar-refractivity contribution in [2.45, 2.75) is 4.90 Å². The average Bonchev–Trinajstić information content (AvgIpc) is 2.09. The van der Waals surface area contributed by atoms with E-state index in [4.69, 9.17) is 30.1 Å². The Morgan fingerprint density at radius 2 is 0.933 bits per heavy atom. The Bertz CT molecular complexity index is 487. The number of benzene rings is 1. The van der Waals surface area contributed by atoms with Crippen LogP contribution in [-0.2, 0) is 10.1 Å². The van der Waals surface area contributed by atoms with Crippen molar-refractivity contribution < 1.29 is 38.5 Å². The molecule has 0 radical (unpaired) electrons. The van der Waals surface area contributed by atoms with Crippen LogP contribution < -0.4 is 0 Å². The predicted octanol–water partition coefficient (Wildman–Crippen LogP) is -0.539. The topological polar surface area (TPSA) is 156 Å². The van der Waals surface area contributed by atoms with E-state index in [1.54, 1.807) is 0 Å². The summed E-state index contributed by atoms with van der Waals surface area (Å²) in [5.41, 5.74) is 0. The summed E-state index contributed by atoms with van der Waals surface area (Å²) in [5.74, 6) is -7.00. The molecule has 6 N–H and O–H groups in total. The second-order valence-corrected chi connectivity index (χ2v) is 3.91. The van der Waals surface area contributed by atoms with Crippen molar-refractivity contribution in [3.8, 4) is 28.7 Å². The molecule has 84 valence electrons. The minimum Gasteiger partial charge on any atom is -0.503 e. The predicted molar refractivity (Wildman–Crippen MR) is 44.6 cm³/mol. The van der Waals surface area contributed by atoms with Gasteiger partial charge in [0.2, 0.25) is 17.2 Å². The van der Waals surface area contributed by atoms with Gasteiger partial charge in [-0.05, 0) is 0 Å². The third-order valence-corrected chi connectivity index (χ3v) is 2.49. The number of hydrogen-bond acceptors (Lipinski definition) is 7. The van der Waals surface area contributed by atoms with Gasteiger partial charge in [0, 0.05) is 0 Å². The van der Waals surface area contributed by atoms with Gasteiger partial charge in [0.05, 0.1) is 0 Å². The minimum atomic E-state index is -5.06. The highest BCUT2D eigenvalue weighted by molar-refractivity contribution is 7.86. The molecule has 1 rings (SSSR count). The lowest BCUT2D eigenvalue weighted by Gasteiger charge is -2.09. The van der Waals surface area contributed by atoms with Gasteiger partial charge >= 0.3 is 10.1 Å². The fourth-order valence-corrected chi connectivity index (χ4v) is 1.59. The summed E-state index contributed by atoms with van der Waals surface area (Å²) in [4.78, 5) is -1.49. The van der Waals surface area contributed by atoms with Gasteiger partial charge in [-0.25, -0.2) is 0 Å². The van der Waals surface area contributed by atoms with Crippen molar-refractivity contribution in [2.24, 2.45) is 0 Å². The average molecular weight is 238 g/mol. The second-order valence-electron chi connectivity index (χ2n) is 2.55. The molecule has 0 saturated carbocycles. The quantitative estimate of drug-likeness (QED) is 0.216. The van der Waals surface area contributed by atoms with E-state index < -0.39 is 43.8 Å². The summed E-state index contributed by atoms with van der Waals surface area (Å²) in [7, 11) is -5.06. The SMILES string of the molecule is O=S(=O)(O)c1c(O)c(O)c(O)c(O)c1O. The highest BCUT2D eigenvalue weighted by atomic mass is 32.2. The maximum atomic E-state index is 10.6. The Hall–Kier alpha value is -1.87. The van der Waals surface area contributed by atoms with E-state index in [-0.39, 0.29) is 0 Å².